The van der Waals surface area contributed by atoms with E-state index in [2.05, 4.69) is 22.0 Å². The first-order valence-electron chi connectivity index (χ1n) is 10.7. The molecule has 0 spiro atoms. The van der Waals surface area contributed by atoms with Crippen molar-refractivity contribution in [3.63, 3.8) is 0 Å². The van der Waals surface area contributed by atoms with Crippen LogP contribution in [-0.2, 0) is 0 Å². The second-order valence-corrected chi connectivity index (χ2v) is 8.28. The molecule has 0 aromatic heterocycles. The number of hydrogen-bond donors (Lipinski definition) is 1. The molecule has 3 heterocycles. The van der Waals surface area contributed by atoms with Crippen molar-refractivity contribution >= 4 is 6.03 Å². The van der Waals surface area contributed by atoms with Crippen molar-refractivity contribution in [2.24, 2.45) is 0 Å². The third-order valence-corrected chi connectivity index (χ3v) is 6.50. The molecule has 144 valence electrons. The van der Waals surface area contributed by atoms with Crippen LogP contribution in [0.15, 0.2) is 0 Å². The lowest BCUT2D eigenvalue weighted by atomic mass is 10.0. The molecule has 0 saturated carbocycles. The minimum atomic E-state index is 0.159. The quantitative estimate of drug-likeness (QED) is 0.749. The fraction of sp³-hybridized carbons (Fsp3) is 0.950. The molecule has 3 saturated heterocycles. The van der Waals surface area contributed by atoms with Gasteiger partial charge in [0.2, 0.25) is 0 Å². The van der Waals surface area contributed by atoms with Gasteiger partial charge in [0.1, 0.15) is 0 Å². The number of hydrogen-bond acceptors (Lipinski definition) is 3. The Labute approximate surface area is 154 Å². The summed E-state index contributed by atoms with van der Waals surface area (Å²) in [5, 5.41) is 3.14. The second kappa shape index (κ2) is 9.77. The van der Waals surface area contributed by atoms with Crippen LogP contribution in [0, 0.1) is 0 Å². The molecule has 3 aliphatic heterocycles. The van der Waals surface area contributed by atoms with Gasteiger partial charge >= 0.3 is 6.03 Å². The zero-order chi connectivity index (χ0) is 17.5. The topological polar surface area (TPSA) is 38.8 Å². The van der Waals surface area contributed by atoms with Gasteiger partial charge in [0.25, 0.3) is 0 Å². The fourth-order valence-electron chi connectivity index (χ4n) is 4.78. The van der Waals surface area contributed by atoms with Gasteiger partial charge in [-0.3, -0.25) is 0 Å². The first kappa shape index (κ1) is 19.0. The van der Waals surface area contributed by atoms with Crippen LogP contribution in [0.1, 0.15) is 64.7 Å². The van der Waals surface area contributed by atoms with E-state index in [1.54, 1.807) is 0 Å². The molecule has 5 nitrogen and oxygen atoms in total. The molecule has 0 aromatic carbocycles. The number of carbonyl (C=O) groups excluding carboxylic acids is 1. The second-order valence-electron chi connectivity index (χ2n) is 8.28. The zero-order valence-electron chi connectivity index (χ0n) is 16.2. The highest BCUT2D eigenvalue weighted by molar-refractivity contribution is 5.74. The molecule has 0 aromatic rings. The van der Waals surface area contributed by atoms with Crippen LogP contribution in [0.25, 0.3) is 0 Å². The number of rotatable bonds is 6. The molecule has 25 heavy (non-hydrogen) atoms. The van der Waals surface area contributed by atoms with Gasteiger partial charge in [-0.25, -0.2) is 4.79 Å². The van der Waals surface area contributed by atoms with Gasteiger partial charge in [-0.05, 0) is 84.5 Å². The third-order valence-electron chi connectivity index (χ3n) is 6.50. The Balaban J connectivity index is 1.24. The maximum Gasteiger partial charge on any atom is 0.317 e. The Morgan fingerprint density at radius 2 is 1.64 bits per heavy atom. The van der Waals surface area contributed by atoms with Crippen LogP contribution in [0.4, 0.5) is 4.79 Å². The standard InChI is InChI=1S/C20H38N4O/c1-18-8-2-4-12-22(18)13-5-3-11-21-20(25)24-16-9-19(10-17-24)23-14-6-7-15-23/h18-19H,2-17H2,1H3,(H,21,25). The molecular weight excluding hydrogens is 312 g/mol. The normalized spacial score (nSPS) is 26.9. The number of urea groups is 1. The number of unbranched alkanes of at least 4 members (excludes halogenated alkanes) is 1. The van der Waals surface area contributed by atoms with Crippen LogP contribution in [0.2, 0.25) is 0 Å². The maximum absolute atomic E-state index is 12.3. The Morgan fingerprint density at radius 1 is 0.920 bits per heavy atom. The summed E-state index contributed by atoms with van der Waals surface area (Å²) >= 11 is 0. The van der Waals surface area contributed by atoms with Crippen LogP contribution < -0.4 is 5.32 Å². The average Bonchev–Trinajstić information content (AvgIpc) is 3.17. The molecule has 3 aliphatic rings. The van der Waals surface area contributed by atoms with Crippen molar-refractivity contribution in [1.29, 1.82) is 0 Å². The molecule has 3 rings (SSSR count). The predicted octanol–water partition coefficient (Wildman–Crippen LogP) is 2.91. The largest absolute Gasteiger partial charge is 0.338 e. The van der Waals surface area contributed by atoms with Gasteiger partial charge in [-0.15, -0.1) is 0 Å². The van der Waals surface area contributed by atoms with Gasteiger partial charge in [0.15, 0.2) is 0 Å². The average molecular weight is 351 g/mol. The minimum absolute atomic E-state index is 0.159. The molecule has 0 aliphatic carbocycles. The molecule has 3 fully saturated rings. The summed E-state index contributed by atoms with van der Waals surface area (Å²) in [7, 11) is 0. The van der Waals surface area contributed by atoms with Gasteiger partial charge < -0.3 is 20.0 Å². The summed E-state index contributed by atoms with van der Waals surface area (Å²) in [5.41, 5.74) is 0. The minimum Gasteiger partial charge on any atom is -0.338 e. The number of carbonyl (C=O) groups is 1. The summed E-state index contributed by atoms with van der Waals surface area (Å²) < 4.78 is 0. The fourth-order valence-corrected chi connectivity index (χ4v) is 4.78. The first-order chi connectivity index (χ1) is 12.2. The van der Waals surface area contributed by atoms with Crippen LogP contribution in [0.5, 0.6) is 0 Å². The van der Waals surface area contributed by atoms with Crippen molar-refractivity contribution in [2.75, 3.05) is 45.8 Å². The van der Waals surface area contributed by atoms with Gasteiger partial charge in [-0.2, -0.15) is 0 Å². The smallest absolute Gasteiger partial charge is 0.317 e. The lowest BCUT2D eigenvalue weighted by molar-refractivity contribution is 0.133. The summed E-state index contributed by atoms with van der Waals surface area (Å²) in [6.07, 6.45) is 11.4. The van der Waals surface area contributed by atoms with Crippen LogP contribution in [-0.4, -0.2) is 78.6 Å². The van der Waals surface area contributed by atoms with Crippen LogP contribution in [0.3, 0.4) is 0 Å². The van der Waals surface area contributed by atoms with E-state index >= 15 is 0 Å². The molecule has 1 N–H and O–H groups in total. The molecule has 1 atom stereocenters. The van der Waals surface area contributed by atoms with Crippen molar-refractivity contribution in [3.05, 3.63) is 0 Å². The van der Waals surface area contributed by atoms with E-state index in [1.807, 2.05) is 4.90 Å². The van der Waals surface area contributed by atoms with E-state index in [1.165, 1.54) is 64.7 Å². The first-order valence-corrected chi connectivity index (χ1v) is 10.7. The van der Waals surface area contributed by atoms with Crippen molar-refractivity contribution in [2.45, 2.75) is 76.8 Å². The Hall–Kier alpha value is -0.810. The van der Waals surface area contributed by atoms with Crippen LogP contribution >= 0.6 is 0 Å². The van der Waals surface area contributed by atoms with E-state index in [0.29, 0.717) is 0 Å². The van der Waals surface area contributed by atoms with Gasteiger partial charge in [0.05, 0.1) is 0 Å². The Kier molecular flexibility index (Phi) is 7.41. The Bertz CT molecular complexity index is 403. The Morgan fingerprint density at radius 3 is 2.36 bits per heavy atom. The predicted molar refractivity (Wildman–Crippen MR) is 103 cm³/mol. The summed E-state index contributed by atoms with van der Waals surface area (Å²) in [4.78, 5) is 19.6. The molecule has 2 amide bonds. The van der Waals surface area contributed by atoms with E-state index < -0.39 is 0 Å². The lowest BCUT2D eigenvalue weighted by Gasteiger charge is -2.36. The van der Waals surface area contributed by atoms with E-state index in [4.69, 9.17) is 0 Å². The number of nitrogens with zero attached hydrogens (tertiary/aromatic N) is 3. The molecule has 0 bridgehead atoms. The van der Waals surface area contributed by atoms with Crippen molar-refractivity contribution in [1.82, 2.24) is 20.0 Å². The van der Waals surface area contributed by atoms with E-state index in [0.717, 1.165) is 51.0 Å². The maximum atomic E-state index is 12.3. The summed E-state index contributed by atoms with van der Waals surface area (Å²) in [6.45, 7) is 10.0. The lowest BCUT2D eigenvalue weighted by Crippen LogP contribution is -2.49. The zero-order valence-corrected chi connectivity index (χ0v) is 16.2. The number of nitrogens with one attached hydrogen (secondary N) is 1. The monoisotopic (exact) mass is 350 g/mol. The number of piperidine rings is 2. The molecule has 0 radical (unpaired) electrons. The molecular formula is C20H38N4O. The van der Waals surface area contributed by atoms with E-state index in [9.17, 15) is 4.79 Å². The summed E-state index contributed by atoms with van der Waals surface area (Å²) in [6, 6.07) is 1.63. The summed E-state index contributed by atoms with van der Waals surface area (Å²) in [5.74, 6) is 0. The van der Waals surface area contributed by atoms with Crippen molar-refractivity contribution in [3.8, 4) is 0 Å². The highest BCUT2D eigenvalue weighted by Gasteiger charge is 2.28. The van der Waals surface area contributed by atoms with E-state index in [-0.39, 0.29) is 6.03 Å². The van der Waals surface area contributed by atoms with Gasteiger partial charge in [0, 0.05) is 31.7 Å². The van der Waals surface area contributed by atoms with Gasteiger partial charge in [-0.1, -0.05) is 6.42 Å². The molecule has 5 heteroatoms. The number of likely N-dealkylation sites (tertiary alicyclic amines) is 3. The number of amides is 2. The highest BCUT2D eigenvalue weighted by atomic mass is 16.2. The van der Waals surface area contributed by atoms with Crippen molar-refractivity contribution < 1.29 is 4.79 Å². The highest BCUT2D eigenvalue weighted by Crippen LogP contribution is 2.21. The SMILES string of the molecule is CC1CCCCN1CCCCNC(=O)N1CCC(N2CCCC2)CC1. The third kappa shape index (κ3) is 5.58. The molecule has 1 unspecified atom stereocenters.